The molecule has 1 aromatic heterocycles. The number of hydrogen-bond donors (Lipinski definition) is 1. The molecular weight excluding hydrogens is 246 g/mol. The van der Waals surface area contributed by atoms with E-state index in [4.69, 9.17) is 14.6 Å². The molecule has 2 aromatic rings. The molecule has 1 N–H and O–H groups in total. The summed E-state index contributed by atoms with van der Waals surface area (Å²) in [6.07, 6.45) is 1.28. The average molecular weight is 259 g/mol. The van der Waals surface area contributed by atoms with Crippen molar-refractivity contribution in [1.82, 2.24) is 4.98 Å². The maximum absolute atomic E-state index is 11.1. The molecule has 2 rings (SSSR count). The quantitative estimate of drug-likeness (QED) is 0.914. The van der Waals surface area contributed by atoms with Crippen molar-refractivity contribution >= 4 is 5.97 Å². The lowest BCUT2D eigenvalue weighted by molar-refractivity contribution is 0.0693. The van der Waals surface area contributed by atoms with Crippen molar-refractivity contribution in [2.24, 2.45) is 0 Å². The van der Waals surface area contributed by atoms with E-state index in [1.54, 1.807) is 44.4 Å². The topological polar surface area (TPSA) is 68.7 Å². The van der Waals surface area contributed by atoms with E-state index in [2.05, 4.69) is 4.98 Å². The van der Waals surface area contributed by atoms with Gasteiger partial charge in [0.1, 0.15) is 22.8 Å². The van der Waals surface area contributed by atoms with Gasteiger partial charge in [-0.25, -0.2) is 4.79 Å². The lowest BCUT2D eigenvalue weighted by Crippen LogP contribution is -2.02. The summed E-state index contributed by atoms with van der Waals surface area (Å²) in [6.45, 7) is 1.77. The van der Waals surface area contributed by atoms with Crippen LogP contribution in [0.4, 0.5) is 0 Å². The zero-order valence-electron chi connectivity index (χ0n) is 10.6. The van der Waals surface area contributed by atoms with Gasteiger partial charge in [-0.2, -0.15) is 0 Å². The first-order valence-electron chi connectivity index (χ1n) is 5.62. The van der Waals surface area contributed by atoms with Gasteiger partial charge >= 0.3 is 5.97 Å². The molecule has 5 nitrogen and oxygen atoms in total. The third-order valence-corrected chi connectivity index (χ3v) is 2.50. The largest absolute Gasteiger partial charge is 0.497 e. The van der Waals surface area contributed by atoms with Crippen LogP contribution in [0.1, 0.15) is 16.1 Å². The third kappa shape index (κ3) is 3.01. The zero-order chi connectivity index (χ0) is 13.8. The molecule has 19 heavy (non-hydrogen) atoms. The summed E-state index contributed by atoms with van der Waals surface area (Å²) in [5.41, 5.74) is 0.705. The molecule has 5 heteroatoms. The van der Waals surface area contributed by atoms with E-state index in [0.717, 1.165) is 0 Å². The molecule has 0 spiro atoms. The van der Waals surface area contributed by atoms with Crippen LogP contribution in [0.3, 0.4) is 0 Å². The molecule has 0 radical (unpaired) electrons. The minimum absolute atomic E-state index is 0.0217. The number of nitrogens with zero attached hydrogens (tertiary/aromatic N) is 1. The highest BCUT2D eigenvalue weighted by Crippen LogP contribution is 2.28. The van der Waals surface area contributed by atoms with Crippen molar-refractivity contribution in [3.8, 4) is 17.2 Å². The molecule has 0 atom stereocenters. The number of methoxy groups -OCH3 is 1. The van der Waals surface area contributed by atoms with Crippen LogP contribution >= 0.6 is 0 Å². The van der Waals surface area contributed by atoms with E-state index in [1.807, 2.05) is 0 Å². The molecule has 1 aromatic carbocycles. The number of carbonyl (C=O) groups is 1. The Hall–Kier alpha value is -2.56. The number of ether oxygens (including phenoxy) is 2. The minimum Gasteiger partial charge on any atom is -0.497 e. The Morgan fingerprint density at radius 2 is 2.00 bits per heavy atom. The van der Waals surface area contributed by atoms with Gasteiger partial charge in [0.2, 0.25) is 0 Å². The maximum atomic E-state index is 11.1. The number of carboxylic acid groups (broad SMARTS) is 1. The summed E-state index contributed by atoms with van der Waals surface area (Å²) >= 11 is 0. The molecule has 0 fully saturated rings. The van der Waals surface area contributed by atoms with Crippen LogP contribution in [-0.2, 0) is 0 Å². The van der Waals surface area contributed by atoms with E-state index in [1.165, 1.54) is 6.20 Å². The molecule has 0 unspecified atom stereocenters. The number of hydrogen-bond acceptors (Lipinski definition) is 4. The highest BCUT2D eigenvalue weighted by Gasteiger charge is 2.13. The third-order valence-electron chi connectivity index (χ3n) is 2.50. The van der Waals surface area contributed by atoms with Crippen molar-refractivity contribution in [2.45, 2.75) is 6.92 Å². The molecule has 0 aliphatic heterocycles. The van der Waals surface area contributed by atoms with Gasteiger partial charge in [-0.15, -0.1) is 0 Å². The highest BCUT2D eigenvalue weighted by molar-refractivity contribution is 5.90. The van der Waals surface area contributed by atoms with Crippen LogP contribution < -0.4 is 9.47 Å². The van der Waals surface area contributed by atoms with E-state index < -0.39 is 5.97 Å². The first kappa shape index (κ1) is 12.9. The molecule has 1 heterocycles. The van der Waals surface area contributed by atoms with Crippen molar-refractivity contribution in [2.75, 3.05) is 7.11 Å². The number of pyridine rings is 1. The maximum Gasteiger partial charge on any atom is 0.341 e. The summed E-state index contributed by atoms with van der Waals surface area (Å²) in [5, 5.41) is 9.09. The van der Waals surface area contributed by atoms with E-state index >= 15 is 0 Å². The van der Waals surface area contributed by atoms with Gasteiger partial charge in [-0.05, 0) is 19.1 Å². The van der Waals surface area contributed by atoms with E-state index in [-0.39, 0.29) is 11.3 Å². The lowest BCUT2D eigenvalue weighted by Gasteiger charge is -2.10. The van der Waals surface area contributed by atoms with Crippen molar-refractivity contribution < 1.29 is 19.4 Å². The summed E-state index contributed by atoms with van der Waals surface area (Å²) in [6, 6.07) is 8.54. The minimum atomic E-state index is -1.08. The number of aryl methyl sites for hydroxylation is 1. The highest BCUT2D eigenvalue weighted by atomic mass is 16.5. The van der Waals surface area contributed by atoms with Crippen molar-refractivity contribution in [1.29, 1.82) is 0 Å². The lowest BCUT2D eigenvalue weighted by atomic mass is 10.2. The van der Waals surface area contributed by atoms with Gasteiger partial charge in [-0.3, -0.25) is 4.98 Å². The van der Waals surface area contributed by atoms with Crippen LogP contribution in [0, 0.1) is 6.92 Å². The monoisotopic (exact) mass is 259 g/mol. The Kier molecular flexibility index (Phi) is 3.66. The summed E-state index contributed by atoms with van der Waals surface area (Å²) < 4.78 is 10.7. The van der Waals surface area contributed by atoms with Gasteiger partial charge in [-0.1, -0.05) is 6.07 Å². The van der Waals surface area contributed by atoms with Crippen molar-refractivity contribution in [3.05, 3.63) is 47.8 Å². The Morgan fingerprint density at radius 1 is 1.26 bits per heavy atom. The normalized spacial score (nSPS) is 10.0. The smallest absolute Gasteiger partial charge is 0.341 e. The fourth-order valence-electron chi connectivity index (χ4n) is 1.57. The molecule has 0 bridgehead atoms. The second-order valence-corrected chi connectivity index (χ2v) is 3.91. The number of aromatic nitrogens is 1. The van der Waals surface area contributed by atoms with Gasteiger partial charge in [0.15, 0.2) is 0 Å². The predicted molar refractivity (Wildman–Crippen MR) is 69.0 cm³/mol. The van der Waals surface area contributed by atoms with Crippen LogP contribution in [-0.4, -0.2) is 23.2 Å². The van der Waals surface area contributed by atoms with E-state index in [0.29, 0.717) is 17.2 Å². The molecule has 0 aliphatic carbocycles. The first-order valence-corrected chi connectivity index (χ1v) is 5.62. The average Bonchev–Trinajstić information content (AvgIpc) is 2.38. The van der Waals surface area contributed by atoms with Crippen LogP contribution in [0.2, 0.25) is 0 Å². The van der Waals surface area contributed by atoms with Crippen LogP contribution in [0.25, 0.3) is 0 Å². The summed E-state index contributed by atoms with van der Waals surface area (Å²) in [4.78, 5) is 15.1. The van der Waals surface area contributed by atoms with Gasteiger partial charge in [0.05, 0.1) is 7.11 Å². The molecule has 0 saturated heterocycles. The van der Waals surface area contributed by atoms with E-state index in [9.17, 15) is 4.79 Å². The second kappa shape index (κ2) is 5.39. The number of aromatic carboxylic acids is 1. The second-order valence-electron chi connectivity index (χ2n) is 3.91. The first-order chi connectivity index (χ1) is 9.10. The Morgan fingerprint density at radius 3 is 2.68 bits per heavy atom. The number of benzene rings is 1. The van der Waals surface area contributed by atoms with Gasteiger partial charge in [0.25, 0.3) is 0 Å². The number of carboxylic acids is 1. The van der Waals surface area contributed by atoms with Crippen LogP contribution in [0.5, 0.6) is 17.2 Å². The molecule has 98 valence electrons. The summed E-state index contributed by atoms with van der Waals surface area (Å²) in [5.74, 6) is 0.325. The van der Waals surface area contributed by atoms with Crippen LogP contribution in [0.15, 0.2) is 36.5 Å². The number of rotatable bonds is 4. The standard InChI is InChI=1S/C14H13NO4/c1-9-6-13(12(8-15-9)14(16)17)19-11-5-3-4-10(7-11)18-2/h3-8H,1-2H3,(H,16,17). The Bertz CT molecular complexity index is 610. The predicted octanol–water partition coefficient (Wildman–Crippen LogP) is 2.89. The molecule has 0 aliphatic rings. The Balaban J connectivity index is 2.36. The zero-order valence-corrected chi connectivity index (χ0v) is 10.6. The summed E-state index contributed by atoms with van der Waals surface area (Å²) in [7, 11) is 1.55. The fraction of sp³-hybridized carbons (Fsp3) is 0.143. The SMILES string of the molecule is COc1cccc(Oc2cc(C)ncc2C(=O)O)c1. The Labute approximate surface area is 110 Å². The van der Waals surface area contributed by atoms with Gasteiger partial charge in [0, 0.05) is 24.0 Å². The molecule has 0 saturated carbocycles. The molecule has 0 amide bonds. The van der Waals surface area contributed by atoms with Gasteiger partial charge < -0.3 is 14.6 Å². The van der Waals surface area contributed by atoms with Crippen molar-refractivity contribution in [3.63, 3.8) is 0 Å². The fourth-order valence-corrected chi connectivity index (χ4v) is 1.57. The molecular formula is C14H13NO4.